The summed E-state index contributed by atoms with van der Waals surface area (Å²) in [4.78, 5) is 54.4. The van der Waals surface area contributed by atoms with Crippen LogP contribution in [-0.4, -0.2) is 85.5 Å². The van der Waals surface area contributed by atoms with Gasteiger partial charge in [0.2, 0.25) is 11.8 Å². The topological polar surface area (TPSA) is 127 Å². The van der Waals surface area contributed by atoms with Gasteiger partial charge < -0.3 is 34.6 Å². The Hall–Kier alpha value is -4.28. The zero-order valence-electron chi connectivity index (χ0n) is 22.7. The summed E-state index contributed by atoms with van der Waals surface area (Å²) in [6.07, 6.45) is 0.758. The molecule has 0 unspecified atom stereocenters. The first-order chi connectivity index (χ1) is 19.3. The van der Waals surface area contributed by atoms with Gasteiger partial charge in [0.1, 0.15) is 11.9 Å². The van der Waals surface area contributed by atoms with E-state index in [9.17, 15) is 19.2 Å². The summed E-state index contributed by atoms with van der Waals surface area (Å²) < 4.78 is 17.3. The van der Waals surface area contributed by atoms with Crippen molar-refractivity contribution in [3.8, 4) is 17.2 Å². The lowest BCUT2D eigenvalue weighted by Crippen LogP contribution is -2.45. The number of hydrogen-bond donors (Lipinski definition) is 2. The number of nitrogens with one attached hydrogen (secondary N) is 2. The quantitative estimate of drug-likeness (QED) is 0.578. The molecular weight excluding hydrogens is 516 g/mol. The molecule has 4 amide bonds. The maximum Gasteiger partial charge on any atom is 0.258 e. The molecule has 4 aliphatic heterocycles. The van der Waals surface area contributed by atoms with Crippen molar-refractivity contribution < 1.29 is 33.4 Å². The van der Waals surface area contributed by atoms with E-state index < -0.39 is 12.1 Å². The summed E-state index contributed by atoms with van der Waals surface area (Å²) in [5.74, 6) is 0.456. The molecule has 4 heterocycles. The number of rotatable bonds is 2. The molecule has 0 spiro atoms. The smallest absolute Gasteiger partial charge is 0.258 e. The molecule has 0 aromatic heterocycles. The van der Waals surface area contributed by atoms with E-state index >= 15 is 0 Å². The van der Waals surface area contributed by atoms with Crippen LogP contribution < -0.4 is 24.8 Å². The third kappa shape index (κ3) is 6.13. The minimum absolute atomic E-state index is 0.0157. The highest BCUT2D eigenvalue weighted by Crippen LogP contribution is 2.29. The SMILES string of the molecule is COc1ccc2cc1OCC(=O)NCc1ccc(cc1)O[C@H]1CN(C(=O)C3CCN(C(C)=O)CC3)C[C@@H]1NC2=O. The van der Waals surface area contributed by atoms with Crippen molar-refractivity contribution in [2.45, 2.75) is 38.5 Å². The van der Waals surface area contributed by atoms with Crippen LogP contribution in [0.1, 0.15) is 35.7 Å². The number of nitrogens with zero attached hydrogens (tertiary/aromatic N) is 2. The monoisotopic (exact) mass is 550 g/mol. The molecule has 4 bridgehead atoms. The molecule has 2 saturated heterocycles. The van der Waals surface area contributed by atoms with Crippen LogP contribution in [0.15, 0.2) is 42.5 Å². The van der Waals surface area contributed by atoms with Crippen LogP contribution in [0.25, 0.3) is 0 Å². The fraction of sp³-hybridized carbons (Fsp3) is 0.448. The van der Waals surface area contributed by atoms with Crippen LogP contribution in [0.3, 0.4) is 0 Å². The van der Waals surface area contributed by atoms with E-state index in [0.717, 1.165) is 5.56 Å². The van der Waals surface area contributed by atoms with E-state index in [1.807, 2.05) is 24.3 Å². The molecule has 6 rings (SSSR count). The third-order valence-electron chi connectivity index (χ3n) is 7.67. The van der Waals surface area contributed by atoms with Gasteiger partial charge in [-0.25, -0.2) is 0 Å². The highest BCUT2D eigenvalue weighted by atomic mass is 16.5. The molecule has 0 radical (unpaired) electrons. The number of ether oxygens (including phenoxy) is 3. The van der Waals surface area contributed by atoms with E-state index in [1.54, 1.807) is 28.9 Å². The average molecular weight is 551 g/mol. The number of piperidine rings is 1. The van der Waals surface area contributed by atoms with Gasteiger partial charge in [0.25, 0.3) is 11.8 Å². The second kappa shape index (κ2) is 11.8. The fourth-order valence-electron chi connectivity index (χ4n) is 5.35. The lowest BCUT2D eigenvalue weighted by Gasteiger charge is -2.32. The number of methoxy groups -OCH3 is 1. The van der Waals surface area contributed by atoms with E-state index in [1.165, 1.54) is 13.2 Å². The van der Waals surface area contributed by atoms with Gasteiger partial charge in [-0.05, 0) is 48.7 Å². The summed E-state index contributed by atoms with van der Waals surface area (Å²) in [6, 6.07) is 11.6. The third-order valence-corrected chi connectivity index (χ3v) is 7.67. The van der Waals surface area contributed by atoms with Crippen LogP contribution in [-0.2, 0) is 20.9 Å². The molecule has 0 saturated carbocycles. The number of fused-ring (bicyclic) bond motifs is 7. The molecule has 2 fully saturated rings. The summed E-state index contributed by atoms with van der Waals surface area (Å²) in [5.41, 5.74) is 1.21. The van der Waals surface area contributed by atoms with Crippen molar-refractivity contribution >= 4 is 23.6 Å². The Morgan fingerprint density at radius 3 is 2.45 bits per heavy atom. The standard InChI is InChI=1S/C29H34N4O7/c1-18(34)32-11-9-20(10-12-32)29(37)33-15-23-26(16-33)40-22-6-3-19(4-7-22)14-30-27(35)17-39-25-13-21(28(36)31-23)5-8-24(25)38-2/h3-8,13,20,23,26H,9-12,14-17H2,1-2H3,(H,30,35)(H,31,36)/t23-,26-/m0/s1. The number of amides is 4. The van der Waals surface area contributed by atoms with E-state index in [0.29, 0.717) is 62.6 Å². The molecule has 212 valence electrons. The van der Waals surface area contributed by atoms with E-state index in [2.05, 4.69) is 10.6 Å². The van der Waals surface area contributed by atoms with E-state index in [-0.39, 0.29) is 41.9 Å². The lowest BCUT2D eigenvalue weighted by atomic mass is 9.95. The van der Waals surface area contributed by atoms with Crippen molar-refractivity contribution in [3.05, 3.63) is 53.6 Å². The van der Waals surface area contributed by atoms with Crippen molar-refractivity contribution in [2.75, 3.05) is 39.9 Å². The van der Waals surface area contributed by atoms with Gasteiger partial charge in [-0.15, -0.1) is 0 Å². The van der Waals surface area contributed by atoms with Crippen molar-refractivity contribution in [2.24, 2.45) is 5.92 Å². The Morgan fingerprint density at radius 2 is 1.75 bits per heavy atom. The first kappa shape index (κ1) is 27.3. The summed E-state index contributed by atoms with van der Waals surface area (Å²) in [7, 11) is 1.48. The zero-order chi connectivity index (χ0) is 28.2. The molecular formula is C29H34N4O7. The Labute approximate surface area is 232 Å². The van der Waals surface area contributed by atoms with Crippen molar-refractivity contribution in [1.29, 1.82) is 0 Å². The van der Waals surface area contributed by atoms with Crippen LogP contribution in [0.2, 0.25) is 0 Å². The van der Waals surface area contributed by atoms with Gasteiger partial charge in [0.15, 0.2) is 18.1 Å². The number of hydrogen-bond acceptors (Lipinski definition) is 7. The number of carbonyl (C=O) groups is 4. The Balaban J connectivity index is 1.38. The maximum absolute atomic E-state index is 13.5. The Morgan fingerprint density at radius 1 is 1.00 bits per heavy atom. The molecule has 2 aromatic rings. The lowest BCUT2D eigenvalue weighted by molar-refractivity contribution is -0.139. The Bertz CT molecular complexity index is 1270. The highest BCUT2D eigenvalue weighted by Gasteiger charge is 2.40. The van der Waals surface area contributed by atoms with Gasteiger partial charge in [-0.2, -0.15) is 0 Å². The minimum atomic E-state index is -0.472. The molecule has 4 aliphatic rings. The summed E-state index contributed by atoms with van der Waals surface area (Å²) in [6.45, 7) is 3.38. The largest absolute Gasteiger partial charge is 0.493 e. The van der Waals surface area contributed by atoms with Crippen LogP contribution >= 0.6 is 0 Å². The molecule has 2 aromatic carbocycles. The first-order valence-corrected chi connectivity index (χ1v) is 13.5. The molecule has 0 aliphatic carbocycles. The normalized spacial score (nSPS) is 21.9. The molecule has 2 N–H and O–H groups in total. The molecule has 11 heteroatoms. The second-order valence-corrected chi connectivity index (χ2v) is 10.3. The fourth-order valence-corrected chi connectivity index (χ4v) is 5.35. The van der Waals surface area contributed by atoms with Crippen LogP contribution in [0, 0.1) is 5.92 Å². The predicted molar refractivity (Wildman–Crippen MR) is 144 cm³/mol. The first-order valence-electron chi connectivity index (χ1n) is 13.5. The molecule has 11 nitrogen and oxygen atoms in total. The zero-order valence-corrected chi connectivity index (χ0v) is 22.7. The van der Waals surface area contributed by atoms with Crippen LogP contribution in [0.5, 0.6) is 17.2 Å². The van der Waals surface area contributed by atoms with Gasteiger partial charge in [0.05, 0.1) is 19.7 Å². The number of benzene rings is 2. The molecule has 2 atom stereocenters. The minimum Gasteiger partial charge on any atom is -0.493 e. The average Bonchev–Trinajstić information content (AvgIpc) is 3.36. The summed E-state index contributed by atoms with van der Waals surface area (Å²) in [5, 5.41) is 5.85. The van der Waals surface area contributed by atoms with Gasteiger partial charge in [0, 0.05) is 44.6 Å². The highest BCUT2D eigenvalue weighted by molar-refractivity contribution is 5.95. The number of likely N-dealkylation sites (tertiary alicyclic amines) is 2. The Kier molecular flexibility index (Phi) is 8.09. The predicted octanol–water partition coefficient (Wildman–Crippen LogP) is 1.35. The van der Waals surface area contributed by atoms with Crippen LogP contribution in [0.4, 0.5) is 0 Å². The summed E-state index contributed by atoms with van der Waals surface area (Å²) >= 11 is 0. The number of carbonyl (C=O) groups excluding carboxylic acids is 4. The second-order valence-electron chi connectivity index (χ2n) is 10.3. The molecule has 40 heavy (non-hydrogen) atoms. The van der Waals surface area contributed by atoms with Crippen molar-refractivity contribution in [1.82, 2.24) is 20.4 Å². The van der Waals surface area contributed by atoms with Gasteiger partial charge >= 0.3 is 0 Å². The van der Waals surface area contributed by atoms with Crippen molar-refractivity contribution in [3.63, 3.8) is 0 Å². The van der Waals surface area contributed by atoms with E-state index in [4.69, 9.17) is 14.2 Å². The van der Waals surface area contributed by atoms with Gasteiger partial charge in [-0.1, -0.05) is 12.1 Å². The van der Waals surface area contributed by atoms with Gasteiger partial charge in [-0.3, -0.25) is 19.2 Å². The maximum atomic E-state index is 13.5.